The number of rotatable bonds is 3. The number of pyridine rings is 1. The highest BCUT2D eigenvalue weighted by atomic mass is 16.4. The molecule has 0 aliphatic carbocycles. The van der Waals surface area contributed by atoms with Crippen LogP contribution in [0.5, 0.6) is 0 Å². The van der Waals surface area contributed by atoms with Crippen LogP contribution in [-0.4, -0.2) is 47.0 Å². The smallest absolute Gasteiger partial charge is 0.292 e. The number of hydrogen-bond donors (Lipinski definition) is 2. The van der Waals surface area contributed by atoms with Crippen LogP contribution in [0.1, 0.15) is 59.0 Å². The number of nitrogens with one attached hydrogen (secondary N) is 1. The summed E-state index contributed by atoms with van der Waals surface area (Å²) in [7, 11) is 0. The van der Waals surface area contributed by atoms with Crippen molar-refractivity contribution in [3.05, 3.63) is 71.2 Å². The minimum absolute atomic E-state index is 0.0797. The summed E-state index contributed by atoms with van der Waals surface area (Å²) in [6.07, 6.45) is 5.54. The van der Waals surface area contributed by atoms with E-state index in [0.29, 0.717) is 13.0 Å². The molecular formula is C21H22N6O3. The number of amides is 1. The Kier molecular flexibility index (Phi) is 4.04. The molecule has 5 heterocycles. The van der Waals surface area contributed by atoms with Gasteiger partial charge in [0, 0.05) is 24.9 Å². The number of aromatic amines is 1. The number of fused-ring (bicyclic) bond motifs is 2. The van der Waals surface area contributed by atoms with E-state index < -0.39 is 11.6 Å². The third-order valence-corrected chi connectivity index (χ3v) is 5.44. The summed E-state index contributed by atoms with van der Waals surface area (Å²) in [6, 6.07) is 5.50. The quantitative estimate of drug-likeness (QED) is 0.540. The number of imidazole rings is 1. The number of carbonyl (C=O) groups excluding carboxylic acids is 1. The van der Waals surface area contributed by atoms with E-state index in [9.17, 15) is 9.90 Å². The molecule has 1 aliphatic rings. The van der Waals surface area contributed by atoms with Crippen molar-refractivity contribution in [2.24, 2.45) is 0 Å². The standard InChI is InChI=1S/C21H22N6O3/c1-12-5-4-7-27-15(12)9-14(25-27)18-17-13(23-11-24-17)6-8-26(18)19(28)16-10-22-20(30-16)21(2,3)29/h4-5,7,9-11,18,29H,6,8H2,1-3H3,(H,23,24). The number of oxazole rings is 1. The molecule has 0 radical (unpaired) electrons. The maximum absolute atomic E-state index is 13.4. The molecule has 0 bridgehead atoms. The Bertz CT molecular complexity index is 1250. The van der Waals surface area contributed by atoms with Crippen molar-refractivity contribution >= 4 is 11.4 Å². The van der Waals surface area contributed by atoms with E-state index >= 15 is 0 Å². The summed E-state index contributed by atoms with van der Waals surface area (Å²) < 4.78 is 7.40. The lowest BCUT2D eigenvalue weighted by Crippen LogP contribution is -2.40. The third kappa shape index (κ3) is 2.89. The number of carbonyl (C=O) groups is 1. The molecule has 9 heteroatoms. The summed E-state index contributed by atoms with van der Waals surface area (Å²) in [5.74, 6) is -0.135. The van der Waals surface area contributed by atoms with E-state index in [4.69, 9.17) is 9.52 Å². The van der Waals surface area contributed by atoms with Crippen LogP contribution in [0.25, 0.3) is 5.52 Å². The third-order valence-electron chi connectivity index (χ3n) is 5.44. The van der Waals surface area contributed by atoms with Gasteiger partial charge in [-0.3, -0.25) is 4.79 Å². The number of nitrogens with zero attached hydrogens (tertiary/aromatic N) is 5. The number of aliphatic hydroxyl groups is 1. The van der Waals surface area contributed by atoms with Gasteiger partial charge in [0.05, 0.1) is 29.4 Å². The largest absolute Gasteiger partial charge is 0.432 e. The van der Waals surface area contributed by atoms with Crippen molar-refractivity contribution in [2.75, 3.05) is 6.54 Å². The summed E-state index contributed by atoms with van der Waals surface area (Å²) in [5.41, 5.74) is 3.30. The minimum Gasteiger partial charge on any atom is -0.432 e. The second-order valence-corrected chi connectivity index (χ2v) is 8.10. The Morgan fingerprint density at radius 2 is 2.20 bits per heavy atom. The Morgan fingerprint density at radius 1 is 1.37 bits per heavy atom. The van der Waals surface area contributed by atoms with E-state index in [0.717, 1.165) is 28.2 Å². The van der Waals surface area contributed by atoms with Crippen LogP contribution in [0.4, 0.5) is 0 Å². The molecule has 0 saturated heterocycles. The summed E-state index contributed by atoms with van der Waals surface area (Å²) in [4.78, 5) is 26.8. The zero-order valence-electron chi connectivity index (χ0n) is 17.0. The van der Waals surface area contributed by atoms with E-state index in [1.165, 1.54) is 6.20 Å². The molecule has 4 aromatic rings. The van der Waals surface area contributed by atoms with Gasteiger partial charge in [-0.15, -0.1) is 0 Å². The molecule has 1 aliphatic heterocycles. The first-order chi connectivity index (χ1) is 14.3. The normalized spacial score (nSPS) is 16.8. The summed E-state index contributed by atoms with van der Waals surface area (Å²) in [6.45, 7) is 5.62. The topological polar surface area (TPSA) is 113 Å². The molecule has 4 aromatic heterocycles. The van der Waals surface area contributed by atoms with Gasteiger partial charge in [0.2, 0.25) is 11.7 Å². The number of H-pyrrole nitrogens is 1. The average Bonchev–Trinajstić information content (AvgIpc) is 3.44. The van der Waals surface area contributed by atoms with Gasteiger partial charge in [-0.2, -0.15) is 5.10 Å². The average molecular weight is 406 g/mol. The van der Waals surface area contributed by atoms with Crippen LogP contribution >= 0.6 is 0 Å². The van der Waals surface area contributed by atoms with Crippen LogP contribution < -0.4 is 0 Å². The fourth-order valence-electron chi connectivity index (χ4n) is 3.90. The minimum atomic E-state index is -1.27. The lowest BCUT2D eigenvalue weighted by atomic mass is 9.99. The molecule has 0 fully saturated rings. The van der Waals surface area contributed by atoms with Gasteiger partial charge in [0.15, 0.2) is 0 Å². The van der Waals surface area contributed by atoms with Crippen molar-refractivity contribution in [1.82, 2.24) is 29.5 Å². The van der Waals surface area contributed by atoms with Gasteiger partial charge in [-0.25, -0.2) is 14.5 Å². The molecule has 9 nitrogen and oxygen atoms in total. The highest BCUT2D eigenvalue weighted by molar-refractivity contribution is 5.92. The Morgan fingerprint density at radius 3 is 2.93 bits per heavy atom. The van der Waals surface area contributed by atoms with E-state index in [2.05, 4.69) is 15.0 Å². The molecule has 154 valence electrons. The fraction of sp³-hybridized carbons (Fsp3) is 0.333. The first-order valence-corrected chi connectivity index (χ1v) is 9.79. The Balaban J connectivity index is 1.59. The molecular weight excluding hydrogens is 384 g/mol. The number of aryl methyl sites for hydroxylation is 1. The maximum Gasteiger partial charge on any atom is 0.292 e. The van der Waals surface area contributed by atoms with Crippen LogP contribution in [0.2, 0.25) is 0 Å². The lowest BCUT2D eigenvalue weighted by molar-refractivity contribution is 0.0440. The van der Waals surface area contributed by atoms with E-state index in [1.54, 1.807) is 25.1 Å². The monoisotopic (exact) mass is 406 g/mol. The zero-order valence-corrected chi connectivity index (χ0v) is 17.0. The summed E-state index contributed by atoms with van der Waals surface area (Å²) in [5, 5.41) is 14.9. The van der Waals surface area contributed by atoms with Crippen molar-refractivity contribution in [3.8, 4) is 0 Å². The molecule has 2 N–H and O–H groups in total. The predicted octanol–water partition coefficient (Wildman–Crippen LogP) is 2.37. The van der Waals surface area contributed by atoms with E-state index in [1.807, 2.05) is 35.8 Å². The van der Waals surface area contributed by atoms with Crippen molar-refractivity contribution in [1.29, 1.82) is 0 Å². The second kappa shape index (κ2) is 6.53. The first kappa shape index (κ1) is 18.6. The maximum atomic E-state index is 13.4. The SMILES string of the molecule is Cc1cccn2nc(C3c4nc[nH]c4CCN3C(=O)c3cnc(C(C)(C)O)o3)cc12. The molecule has 0 saturated carbocycles. The first-order valence-electron chi connectivity index (χ1n) is 9.79. The molecule has 1 unspecified atom stereocenters. The van der Waals surface area contributed by atoms with Gasteiger partial charge in [0.1, 0.15) is 11.6 Å². The van der Waals surface area contributed by atoms with Gasteiger partial charge >= 0.3 is 0 Å². The highest BCUT2D eigenvalue weighted by Crippen LogP contribution is 2.35. The molecule has 5 rings (SSSR count). The van der Waals surface area contributed by atoms with Crippen LogP contribution in [0, 0.1) is 6.92 Å². The molecule has 1 amide bonds. The van der Waals surface area contributed by atoms with Crippen LogP contribution in [-0.2, 0) is 12.0 Å². The Hall–Kier alpha value is -3.46. The zero-order chi connectivity index (χ0) is 21.0. The van der Waals surface area contributed by atoms with Gasteiger partial charge in [-0.05, 0) is 38.5 Å². The second-order valence-electron chi connectivity index (χ2n) is 8.10. The lowest BCUT2D eigenvalue weighted by Gasteiger charge is -2.33. The molecule has 0 spiro atoms. The van der Waals surface area contributed by atoms with Crippen molar-refractivity contribution < 1.29 is 14.3 Å². The van der Waals surface area contributed by atoms with Crippen molar-refractivity contribution in [3.63, 3.8) is 0 Å². The van der Waals surface area contributed by atoms with Gasteiger partial charge in [0.25, 0.3) is 5.91 Å². The van der Waals surface area contributed by atoms with Gasteiger partial charge < -0.3 is 19.4 Å². The Labute approximate surface area is 172 Å². The number of aromatic nitrogens is 5. The van der Waals surface area contributed by atoms with Crippen LogP contribution in [0.15, 0.2) is 41.3 Å². The molecule has 1 atom stereocenters. The molecule has 0 aromatic carbocycles. The summed E-state index contributed by atoms with van der Waals surface area (Å²) >= 11 is 0. The molecule has 30 heavy (non-hydrogen) atoms. The predicted molar refractivity (Wildman–Crippen MR) is 107 cm³/mol. The highest BCUT2D eigenvalue weighted by Gasteiger charge is 2.38. The van der Waals surface area contributed by atoms with Gasteiger partial charge in [-0.1, -0.05) is 6.07 Å². The number of hydrogen-bond acceptors (Lipinski definition) is 6. The van der Waals surface area contributed by atoms with E-state index in [-0.39, 0.29) is 17.6 Å². The fourth-order valence-corrected chi connectivity index (χ4v) is 3.90. The van der Waals surface area contributed by atoms with Crippen LogP contribution in [0.3, 0.4) is 0 Å². The van der Waals surface area contributed by atoms with Crippen molar-refractivity contribution in [2.45, 2.75) is 38.8 Å².